The topological polar surface area (TPSA) is 124 Å². The molecule has 260 valence electrons. The number of nitrogens with zero attached hydrogens (tertiary/aromatic N) is 9. The van der Waals surface area contributed by atoms with E-state index in [1.54, 1.807) is 11.0 Å². The fourth-order valence-corrected chi connectivity index (χ4v) is 7.43. The van der Waals surface area contributed by atoms with Gasteiger partial charge < -0.3 is 24.7 Å². The number of anilines is 2. The molecular weight excluding hydrogens is 661 g/mol. The van der Waals surface area contributed by atoms with Gasteiger partial charge in [-0.2, -0.15) is 4.98 Å². The molecule has 0 radical (unpaired) electrons. The van der Waals surface area contributed by atoms with E-state index in [4.69, 9.17) is 31.5 Å². The molecule has 4 fully saturated rings. The maximum absolute atomic E-state index is 15.4. The summed E-state index contributed by atoms with van der Waals surface area (Å²) < 4.78 is 16.9. The van der Waals surface area contributed by atoms with Crippen LogP contribution in [-0.2, 0) is 4.79 Å². The Labute approximate surface area is 293 Å². The third-order valence-electron chi connectivity index (χ3n) is 10.3. The van der Waals surface area contributed by atoms with Gasteiger partial charge in [-0.3, -0.25) is 4.79 Å². The lowest BCUT2D eigenvalue weighted by Crippen LogP contribution is -2.54. The Morgan fingerprint density at radius 3 is 2.28 bits per heavy atom. The van der Waals surface area contributed by atoms with Crippen LogP contribution < -0.4 is 15.5 Å². The molecule has 1 amide bonds. The maximum Gasteiger partial charge on any atom is 0.355 e. The van der Waals surface area contributed by atoms with E-state index in [0.29, 0.717) is 42.5 Å². The Morgan fingerprint density at radius 2 is 1.68 bits per heavy atom. The van der Waals surface area contributed by atoms with Crippen molar-refractivity contribution in [3.63, 3.8) is 0 Å². The number of halogens is 2. The van der Waals surface area contributed by atoms with Crippen LogP contribution in [0.25, 0.3) is 28.0 Å². The molecule has 2 saturated carbocycles. The number of pyridine rings is 1. The van der Waals surface area contributed by atoms with Gasteiger partial charge in [-0.15, -0.1) is 0 Å². The van der Waals surface area contributed by atoms with Crippen molar-refractivity contribution >= 4 is 40.3 Å². The number of amides is 1. The zero-order valence-electron chi connectivity index (χ0n) is 28.1. The quantitative estimate of drug-likeness (QED) is 0.277. The van der Waals surface area contributed by atoms with E-state index in [0.717, 1.165) is 63.3 Å². The number of benzene rings is 1. The Hall–Kier alpha value is -4.62. The fourth-order valence-electron chi connectivity index (χ4n) is 7.19. The molecule has 1 atom stereocenters. The van der Waals surface area contributed by atoms with Crippen molar-refractivity contribution in [1.29, 1.82) is 0 Å². The number of aromatic hydroxyl groups is 1. The lowest BCUT2D eigenvalue weighted by molar-refractivity contribution is -0.126. The van der Waals surface area contributed by atoms with Gasteiger partial charge in [0.05, 0.1) is 38.7 Å². The molecule has 2 aliphatic carbocycles. The number of carbonyl (C=O) groups excluding carboxylic acids is 1. The number of hydrogen-bond acceptors (Lipinski definition) is 10. The molecule has 50 heavy (non-hydrogen) atoms. The van der Waals surface area contributed by atoms with Crippen LogP contribution in [0.2, 0.25) is 5.02 Å². The second-order valence-corrected chi connectivity index (χ2v) is 14.3. The van der Waals surface area contributed by atoms with E-state index in [2.05, 4.69) is 23.4 Å². The van der Waals surface area contributed by atoms with E-state index >= 15 is 4.39 Å². The number of carbonyl (C=O) groups is 1. The largest absolute Gasteiger partial charge is 0.507 e. The van der Waals surface area contributed by atoms with E-state index in [1.807, 2.05) is 11.8 Å². The minimum Gasteiger partial charge on any atom is -0.507 e. The third-order valence-corrected chi connectivity index (χ3v) is 10.6. The SMILES string of the molecule is C=CC(=O)N1CCN(c2nc(=O)n(-c3c(C4CC4)nc(N4CCN(C)CC4)nc3C3CC3)c3nc(-c4c(O)cccc4F)c(Cl)cc23)[C@@H](C)C1. The van der Waals surface area contributed by atoms with Gasteiger partial charge in [0.1, 0.15) is 17.4 Å². The van der Waals surface area contributed by atoms with E-state index in [9.17, 15) is 14.7 Å². The molecule has 2 saturated heterocycles. The van der Waals surface area contributed by atoms with Gasteiger partial charge in [0.25, 0.3) is 0 Å². The van der Waals surface area contributed by atoms with Crippen molar-refractivity contribution < 1.29 is 14.3 Å². The second-order valence-electron chi connectivity index (χ2n) is 13.9. The zero-order chi connectivity index (χ0) is 34.8. The molecule has 4 aromatic rings. The summed E-state index contributed by atoms with van der Waals surface area (Å²) in [5.41, 5.74) is 1.69. The first kappa shape index (κ1) is 32.6. The predicted molar refractivity (Wildman–Crippen MR) is 190 cm³/mol. The summed E-state index contributed by atoms with van der Waals surface area (Å²) in [6, 6.07) is 5.45. The van der Waals surface area contributed by atoms with Crippen molar-refractivity contribution in [2.24, 2.45) is 0 Å². The van der Waals surface area contributed by atoms with Crippen molar-refractivity contribution in [2.75, 3.05) is 62.7 Å². The number of aromatic nitrogens is 5. The number of phenols is 1. The van der Waals surface area contributed by atoms with Crippen LogP contribution in [0.15, 0.2) is 41.7 Å². The highest BCUT2D eigenvalue weighted by molar-refractivity contribution is 6.34. The molecular formula is C36H39ClFN9O3. The third kappa shape index (κ3) is 5.75. The molecule has 12 nitrogen and oxygen atoms in total. The number of likely N-dealkylation sites (N-methyl/N-ethyl adjacent to an activating group) is 1. The number of fused-ring (bicyclic) bond motifs is 1. The summed E-state index contributed by atoms with van der Waals surface area (Å²) >= 11 is 6.88. The van der Waals surface area contributed by atoms with Gasteiger partial charge in [-0.1, -0.05) is 24.2 Å². The average molecular weight is 700 g/mol. The van der Waals surface area contributed by atoms with Crippen LogP contribution in [0.5, 0.6) is 5.75 Å². The first-order valence-corrected chi connectivity index (χ1v) is 17.7. The van der Waals surface area contributed by atoms with Gasteiger partial charge >= 0.3 is 5.69 Å². The molecule has 0 unspecified atom stereocenters. The molecule has 5 heterocycles. The molecule has 0 spiro atoms. The molecule has 8 rings (SSSR count). The second kappa shape index (κ2) is 12.6. The first-order valence-electron chi connectivity index (χ1n) is 17.3. The minimum absolute atomic E-state index is 0.00503. The lowest BCUT2D eigenvalue weighted by Gasteiger charge is -2.40. The minimum atomic E-state index is -0.698. The standard InChI is InChI=1S/C36H39ClFN9O3/c1-4-27(49)45-16-17-46(20(2)19-45)33-23-18-24(37)31(28-25(38)6-5-7-26(28)48)39-34(23)47(36(50)42-33)32-29(21-8-9-21)40-35(41-30(32)22-10-11-22)44-14-12-43(3)13-15-44/h4-7,18,20-22,48H,1,8-17,19H2,2-3H3/t20-/m0/s1. The maximum atomic E-state index is 15.4. The monoisotopic (exact) mass is 699 g/mol. The van der Waals surface area contributed by atoms with Crippen molar-refractivity contribution in [2.45, 2.75) is 50.5 Å². The van der Waals surface area contributed by atoms with Gasteiger partial charge in [0.2, 0.25) is 11.9 Å². The number of phenolic OH excluding ortho intramolecular Hbond substituents is 1. The molecule has 0 bridgehead atoms. The smallest absolute Gasteiger partial charge is 0.355 e. The molecule has 3 aromatic heterocycles. The molecule has 4 aliphatic rings. The highest BCUT2D eigenvalue weighted by atomic mass is 35.5. The number of piperazine rings is 2. The van der Waals surface area contributed by atoms with Crippen LogP contribution in [0.4, 0.5) is 16.2 Å². The van der Waals surface area contributed by atoms with E-state index in [-0.39, 0.29) is 51.5 Å². The Bertz CT molecular complexity index is 2040. The summed E-state index contributed by atoms with van der Waals surface area (Å²) in [5.74, 6) is 0.165. The van der Waals surface area contributed by atoms with Crippen LogP contribution in [0.3, 0.4) is 0 Å². The van der Waals surface area contributed by atoms with E-state index < -0.39 is 11.5 Å². The van der Waals surface area contributed by atoms with Gasteiger partial charge in [0.15, 0.2) is 5.65 Å². The van der Waals surface area contributed by atoms with Crippen molar-refractivity contribution in [3.8, 4) is 22.7 Å². The summed E-state index contributed by atoms with van der Waals surface area (Å²) in [6.07, 6.45) is 5.05. The molecule has 14 heteroatoms. The predicted octanol–water partition coefficient (Wildman–Crippen LogP) is 4.47. The number of rotatable bonds is 7. The number of hydrogen-bond donors (Lipinski definition) is 1. The fraction of sp³-hybridized carbons (Fsp3) is 0.444. The Morgan fingerprint density at radius 1 is 1.00 bits per heavy atom. The Balaban J connectivity index is 1.37. The molecule has 2 aliphatic heterocycles. The van der Waals surface area contributed by atoms with Crippen molar-refractivity contribution in [1.82, 2.24) is 34.3 Å². The lowest BCUT2D eigenvalue weighted by atomic mass is 10.1. The van der Waals surface area contributed by atoms with Gasteiger partial charge in [0, 0.05) is 63.7 Å². The van der Waals surface area contributed by atoms with Crippen LogP contribution in [0, 0.1) is 5.82 Å². The summed E-state index contributed by atoms with van der Waals surface area (Å²) in [5, 5.41) is 11.4. The molecule has 1 aromatic carbocycles. The van der Waals surface area contributed by atoms with Gasteiger partial charge in [-0.25, -0.2) is 28.7 Å². The highest BCUT2D eigenvalue weighted by Crippen LogP contribution is 2.49. The first-order chi connectivity index (χ1) is 24.1. The summed E-state index contributed by atoms with van der Waals surface area (Å²) in [4.78, 5) is 55.2. The van der Waals surface area contributed by atoms with E-state index in [1.165, 1.54) is 28.8 Å². The Kier molecular flexibility index (Phi) is 8.22. The highest BCUT2D eigenvalue weighted by Gasteiger charge is 2.39. The van der Waals surface area contributed by atoms with Crippen LogP contribution >= 0.6 is 11.6 Å². The van der Waals surface area contributed by atoms with Crippen LogP contribution in [-0.4, -0.2) is 104 Å². The average Bonchev–Trinajstić information content (AvgIpc) is 4.03. The zero-order valence-corrected chi connectivity index (χ0v) is 28.9. The summed E-state index contributed by atoms with van der Waals surface area (Å²) in [7, 11) is 2.11. The molecule has 1 N–H and O–H groups in total. The van der Waals surface area contributed by atoms with Crippen molar-refractivity contribution in [3.05, 3.63) is 69.6 Å². The normalized spacial score (nSPS) is 20.1. The van der Waals surface area contributed by atoms with Gasteiger partial charge in [-0.05, 0) is 63.9 Å². The van der Waals surface area contributed by atoms with Crippen LogP contribution in [0.1, 0.15) is 55.8 Å². The summed E-state index contributed by atoms with van der Waals surface area (Å²) in [6.45, 7) is 10.2.